The number of aromatic nitrogens is 2. The first kappa shape index (κ1) is 18.9. The Morgan fingerprint density at radius 2 is 1.50 bits per heavy atom. The van der Waals surface area contributed by atoms with Crippen molar-refractivity contribution in [2.45, 2.75) is 47.4 Å². The second-order valence-corrected chi connectivity index (χ2v) is 7.96. The lowest BCUT2D eigenvalue weighted by atomic mass is 10.2. The topological polar surface area (TPSA) is 47.2 Å². The molecule has 0 bridgehead atoms. The number of aldehydes is 1. The molecule has 0 spiro atoms. The van der Waals surface area contributed by atoms with Gasteiger partial charge in [0.25, 0.3) is 0 Å². The molecule has 26 heavy (non-hydrogen) atoms. The van der Waals surface area contributed by atoms with Gasteiger partial charge in [-0.15, -0.1) is 22.7 Å². The SMILES string of the molecule is CCn1c(C=O)cc2c(C)csc21.CCn1c(CO)cc2c(C)csc21. The summed E-state index contributed by atoms with van der Waals surface area (Å²) in [6.45, 7) is 10.3. The Kier molecular flexibility index (Phi) is 5.65. The van der Waals surface area contributed by atoms with Crippen LogP contribution in [-0.2, 0) is 19.7 Å². The van der Waals surface area contributed by atoms with E-state index in [0.717, 1.165) is 30.8 Å². The molecule has 0 saturated carbocycles. The second-order valence-electron chi connectivity index (χ2n) is 6.24. The van der Waals surface area contributed by atoms with Crippen LogP contribution >= 0.6 is 22.7 Å². The Morgan fingerprint density at radius 3 is 2.00 bits per heavy atom. The maximum atomic E-state index is 10.7. The van der Waals surface area contributed by atoms with Gasteiger partial charge in [-0.25, -0.2) is 0 Å². The van der Waals surface area contributed by atoms with Crippen molar-refractivity contribution < 1.29 is 9.90 Å². The van der Waals surface area contributed by atoms with Gasteiger partial charge in [-0.1, -0.05) is 0 Å². The standard InChI is InChI=1S/C10H13NOS.C10H11NOS/c2*1-3-11-8(5-12)4-9-7(2)6-13-10(9)11/h4,6,12H,3,5H2,1-2H3;4-6H,3H2,1-2H3. The molecule has 1 N–H and O–H groups in total. The molecule has 0 aliphatic carbocycles. The molecule has 0 radical (unpaired) electrons. The van der Waals surface area contributed by atoms with E-state index in [0.29, 0.717) is 0 Å². The maximum Gasteiger partial charge on any atom is 0.166 e. The number of nitrogens with zero attached hydrogens (tertiary/aromatic N) is 2. The number of aliphatic hydroxyl groups is 1. The number of hydrogen-bond acceptors (Lipinski definition) is 4. The highest BCUT2D eigenvalue weighted by molar-refractivity contribution is 7.17. The zero-order valence-corrected chi connectivity index (χ0v) is 17.2. The average molecular weight is 389 g/mol. The van der Waals surface area contributed by atoms with Gasteiger partial charge in [-0.3, -0.25) is 4.79 Å². The first-order valence-electron chi connectivity index (χ1n) is 8.75. The fourth-order valence-electron chi connectivity index (χ4n) is 3.27. The van der Waals surface area contributed by atoms with Crippen molar-refractivity contribution in [3.05, 3.63) is 45.4 Å². The zero-order valence-electron chi connectivity index (χ0n) is 15.6. The summed E-state index contributed by atoms with van der Waals surface area (Å²) in [6, 6.07) is 4.06. The number of carbonyl (C=O) groups is 1. The normalized spacial score (nSPS) is 11.1. The van der Waals surface area contributed by atoms with Crippen LogP contribution in [0.5, 0.6) is 0 Å². The highest BCUT2D eigenvalue weighted by Gasteiger charge is 2.10. The van der Waals surface area contributed by atoms with E-state index in [1.54, 1.807) is 22.7 Å². The minimum atomic E-state index is 0.134. The molecule has 138 valence electrons. The predicted molar refractivity (Wildman–Crippen MR) is 112 cm³/mol. The molecule has 0 fully saturated rings. The third kappa shape index (κ3) is 3.13. The Morgan fingerprint density at radius 1 is 0.962 bits per heavy atom. The summed E-state index contributed by atoms with van der Waals surface area (Å²) in [5.74, 6) is 0. The monoisotopic (exact) mass is 388 g/mol. The summed E-state index contributed by atoms with van der Waals surface area (Å²) in [6.07, 6.45) is 0.926. The molecule has 4 heterocycles. The third-order valence-electron chi connectivity index (χ3n) is 4.67. The number of aryl methyl sites for hydroxylation is 4. The molecule has 4 nitrogen and oxygen atoms in total. The van der Waals surface area contributed by atoms with Crippen molar-refractivity contribution in [3.8, 4) is 0 Å². The Balaban J connectivity index is 0.000000151. The smallest absolute Gasteiger partial charge is 0.166 e. The highest BCUT2D eigenvalue weighted by atomic mass is 32.1. The van der Waals surface area contributed by atoms with E-state index in [-0.39, 0.29) is 6.61 Å². The zero-order chi connectivity index (χ0) is 18.8. The van der Waals surface area contributed by atoms with Gasteiger partial charge in [0.1, 0.15) is 9.66 Å². The second kappa shape index (κ2) is 7.78. The number of thiophene rings is 2. The van der Waals surface area contributed by atoms with Gasteiger partial charge in [0, 0.05) is 29.6 Å². The van der Waals surface area contributed by atoms with E-state index in [9.17, 15) is 4.79 Å². The van der Waals surface area contributed by atoms with Gasteiger partial charge in [-0.05, 0) is 61.7 Å². The summed E-state index contributed by atoms with van der Waals surface area (Å²) >= 11 is 3.46. The van der Waals surface area contributed by atoms with Crippen molar-refractivity contribution in [2.75, 3.05) is 0 Å². The number of rotatable bonds is 4. The van der Waals surface area contributed by atoms with Crippen LogP contribution in [0.2, 0.25) is 0 Å². The molecular formula is C20H24N2O2S2. The van der Waals surface area contributed by atoms with Gasteiger partial charge >= 0.3 is 0 Å². The lowest BCUT2D eigenvalue weighted by Crippen LogP contribution is -1.98. The van der Waals surface area contributed by atoms with Crippen molar-refractivity contribution in [1.29, 1.82) is 0 Å². The summed E-state index contributed by atoms with van der Waals surface area (Å²) in [5, 5.41) is 15.9. The molecule has 0 saturated heterocycles. The number of fused-ring (bicyclic) bond motifs is 2. The number of carbonyl (C=O) groups excluding carboxylic acids is 1. The van der Waals surface area contributed by atoms with E-state index >= 15 is 0 Å². The van der Waals surface area contributed by atoms with Crippen molar-refractivity contribution in [3.63, 3.8) is 0 Å². The Labute approximate surface area is 161 Å². The molecule has 0 atom stereocenters. The van der Waals surface area contributed by atoms with Crippen LogP contribution in [0.4, 0.5) is 0 Å². The van der Waals surface area contributed by atoms with E-state index in [4.69, 9.17) is 5.11 Å². The van der Waals surface area contributed by atoms with Crippen LogP contribution in [0.15, 0.2) is 22.9 Å². The van der Waals surface area contributed by atoms with Gasteiger partial charge in [0.2, 0.25) is 0 Å². The highest BCUT2D eigenvalue weighted by Crippen LogP contribution is 2.29. The molecule has 0 aliphatic heterocycles. The van der Waals surface area contributed by atoms with E-state index in [2.05, 4.69) is 53.7 Å². The lowest BCUT2D eigenvalue weighted by Gasteiger charge is -2.02. The predicted octanol–water partition coefficient (Wildman–Crippen LogP) is 5.37. The van der Waals surface area contributed by atoms with Gasteiger partial charge < -0.3 is 14.2 Å². The maximum absolute atomic E-state index is 10.7. The molecular weight excluding hydrogens is 364 g/mol. The van der Waals surface area contributed by atoms with Crippen LogP contribution in [-0.4, -0.2) is 20.5 Å². The quantitative estimate of drug-likeness (QED) is 0.478. The largest absolute Gasteiger partial charge is 0.390 e. The summed E-state index contributed by atoms with van der Waals surface area (Å²) in [5.41, 5.74) is 4.37. The third-order valence-corrected chi connectivity index (χ3v) is 6.94. The van der Waals surface area contributed by atoms with Crippen molar-refractivity contribution >= 4 is 49.4 Å². The van der Waals surface area contributed by atoms with Crippen LogP contribution in [0.3, 0.4) is 0 Å². The fraction of sp³-hybridized carbons (Fsp3) is 0.350. The summed E-state index contributed by atoms with van der Waals surface area (Å²) < 4.78 is 4.23. The molecule has 4 rings (SSSR count). The number of aliphatic hydroxyl groups excluding tert-OH is 1. The summed E-state index contributed by atoms with van der Waals surface area (Å²) in [4.78, 5) is 13.2. The number of hydrogen-bond donors (Lipinski definition) is 1. The Bertz CT molecular complexity index is 1050. The van der Waals surface area contributed by atoms with Gasteiger partial charge in [0.15, 0.2) is 6.29 Å². The van der Waals surface area contributed by atoms with Crippen LogP contribution in [0.25, 0.3) is 20.4 Å². The molecule has 6 heteroatoms. The van der Waals surface area contributed by atoms with E-state index < -0.39 is 0 Å². The minimum Gasteiger partial charge on any atom is -0.390 e. The average Bonchev–Trinajstić information content (AvgIpc) is 3.37. The van der Waals surface area contributed by atoms with Crippen molar-refractivity contribution in [1.82, 2.24) is 9.13 Å². The van der Waals surface area contributed by atoms with Crippen LogP contribution < -0.4 is 0 Å². The molecule has 0 aliphatic rings. The molecule has 0 aromatic carbocycles. The van der Waals surface area contributed by atoms with E-state index in [1.165, 1.54) is 31.6 Å². The van der Waals surface area contributed by atoms with Gasteiger partial charge in [0.05, 0.1) is 12.3 Å². The van der Waals surface area contributed by atoms with Crippen LogP contribution in [0, 0.1) is 13.8 Å². The minimum absolute atomic E-state index is 0.134. The fourth-order valence-corrected chi connectivity index (χ4v) is 5.53. The first-order chi connectivity index (χ1) is 12.5. The lowest BCUT2D eigenvalue weighted by molar-refractivity contribution is 0.111. The molecule has 4 aromatic rings. The van der Waals surface area contributed by atoms with Crippen LogP contribution in [0.1, 0.15) is 41.2 Å². The van der Waals surface area contributed by atoms with Crippen molar-refractivity contribution in [2.24, 2.45) is 0 Å². The first-order valence-corrected chi connectivity index (χ1v) is 10.5. The Hall–Kier alpha value is -1.89. The van der Waals surface area contributed by atoms with Gasteiger partial charge in [-0.2, -0.15) is 0 Å². The molecule has 4 aromatic heterocycles. The van der Waals surface area contributed by atoms with E-state index in [1.807, 2.05) is 6.07 Å². The molecule has 0 amide bonds. The molecule has 0 unspecified atom stereocenters. The summed E-state index contributed by atoms with van der Waals surface area (Å²) in [7, 11) is 0.